The Kier molecular flexibility index (Phi) is 5.94. The minimum Gasteiger partial charge on any atom is -0.366 e. The van der Waals surface area contributed by atoms with Crippen LogP contribution in [0.3, 0.4) is 0 Å². The van der Waals surface area contributed by atoms with Crippen molar-refractivity contribution < 1.29 is 4.79 Å². The Labute approximate surface area is 159 Å². The molecule has 3 rings (SSSR count). The van der Waals surface area contributed by atoms with Gasteiger partial charge in [0.05, 0.1) is 5.56 Å². The Bertz CT molecular complexity index is 863. The van der Waals surface area contributed by atoms with Crippen LogP contribution in [-0.4, -0.2) is 10.5 Å². The van der Waals surface area contributed by atoms with Crippen molar-refractivity contribution in [1.82, 2.24) is 4.57 Å². The number of hydrogen-bond donors (Lipinski definition) is 1. The third-order valence-electron chi connectivity index (χ3n) is 4.85. The fourth-order valence-corrected chi connectivity index (χ4v) is 4.37. The molecule has 0 aliphatic rings. The molecule has 0 aliphatic carbocycles. The lowest BCUT2D eigenvalue weighted by Gasteiger charge is -2.13. The summed E-state index contributed by atoms with van der Waals surface area (Å²) in [7, 11) is 0. The zero-order valence-corrected chi connectivity index (χ0v) is 16.3. The average molecular weight is 367 g/mol. The highest BCUT2D eigenvalue weighted by molar-refractivity contribution is 7.13. The van der Waals surface area contributed by atoms with E-state index in [1.807, 2.05) is 19.1 Å². The molecule has 1 aromatic carbocycles. The van der Waals surface area contributed by atoms with Gasteiger partial charge in [-0.2, -0.15) is 0 Å². The maximum Gasteiger partial charge on any atom is 0.251 e. The summed E-state index contributed by atoms with van der Waals surface area (Å²) in [5.41, 5.74) is 11.0. The minimum atomic E-state index is -0.338. The fraction of sp³-hybridized carbons (Fsp3) is 0.318. The quantitative estimate of drug-likeness (QED) is 0.533. The van der Waals surface area contributed by atoms with E-state index < -0.39 is 0 Å². The van der Waals surface area contributed by atoms with Crippen molar-refractivity contribution >= 4 is 17.2 Å². The minimum absolute atomic E-state index is 0.338. The molecule has 0 bridgehead atoms. The molecule has 0 saturated heterocycles. The maximum absolute atomic E-state index is 12.3. The summed E-state index contributed by atoms with van der Waals surface area (Å²) in [6, 6.07) is 14.5. The Hall–Kier alpha value is -2.33. The first kappa shape index (κ1) is 18.5. The van der Waals surface area contributed by atoms with E-state index in [1.165, 1.54) is 24.1 Å². The van der Waals surface area contributed by atoms with Crippen molar-refractivity contribution in [3.63, 3.8) is 0 Å². The van der Waals surface area contributed by atoms with Crippen LogP contribution in [-0.2, 0) is 13.0 Å². The largest absolute Gasteiger partial charge is 0.366 e. The van der Waals surface area contributed by atoms with Crippen LogP contribution >= 0.6 is 11.3 Å². The van der Waals surface area contributed by atoms with Gasteiger partial charge in [0.25, 0.3) is 5.91 Å². The highest BCUT2D eigenvalue weighted by Crippen LogP contribution is 2.36. The normalized spacial score (nSPS) is 11.0. The van der Waals surface area contributed by atoms with Gasteiger partial charge in [-0.05, 0) is 36.8 Å². The predicted octanol–water partition coefficient (Wildman–Crippen LogP) is 5.40. The lowest BCUT2D eigenvalue weighted by Crippen LogP contribution is -2.13. The number of nitrogens with two attached hydrogens (primary N) is 1. The van der Waals surface area contributed by atoms with Crippen molar-refractivity contribution in [3.8, 4) is 10.4 Å². The van der Waals surface area contributed by atoms with Crippen LogP contribution < -0.4 is 5.73 Å². The zero-order chi connectivity index (χ0) is 18.5. The lowest BCUT2D eigenvalue weighted by molar-refractivity contribution is 0.1000. The molecular formula is C22H26N2OS. The van der Waals surface area contributed by atoms with Crippen molar-refractivity contribution in [2.24, 2.45) is 5.73 Å². The molecule has 0 atom stereocenters. The molecular weight excluding hydrogens is 340 g/mol. The second kappa shape index (κ2) is 8.37. The van der Waals surface area contributed by atoms with Gasteiger partial charge in [-0.1, -0.05) is 56.2 Å². The first-order valence-electron chi connectivity index (χ1n) is 9.23. The summed E-state index contributed by atoms with van der Waals surface area (Å²) in [4.78, 5) is 13.4. The van der Waals surface area contributed by atoms with Gasteiger partial charge < -0.3 is 10.3 Å². The van der Waals surface area contributed by atoms with Crippen molar-refractivity contribution in [2.45, 2.75) is 46.1 Å². The van der Waals surface area contributed by atoms with E-state index in [0.29, 0.717) is 5.56 Å². The third-order valence-corrected chi connectivity index (χ3v) is 5.73. The van der Waals surface area contributed by atoms with Gasteiger partial charge in [0.2, 0.25) is 0 Å². The van der Waals surface area contributed by atoms with Gasteiger partial charge in [0.15, 0.2) is 0 Å². The topological polar surface area (TPSA) is 48.0 Å². The Morgan fingerprint density at radius 3 is 2.50 bits per heavy atom. The Balaban J connectivity index is 2.14. The summed E-state index contributed by atoms with van der Waals surface area (Å²) >= 11 is 1.67. The van der Waals surface area contributed by atoms with Crippen LogP contribution in [0.4, 0.5) is 0 Å². The van der Waals surface area contributed by atoms with Gasteiger partial charge in [0, 0.05) is 28.4 Å². The number of primary amides is 1. The summed E-state index contributed by atoms with van der Waals surface area (Å²) in [6.07, 6.45) is 4.44. The van der Waals surface area contributed by atoms with Gasteiger partial charge in [0.1, 0.15) is 0 Å². The first-order valence-corrected chi connectivity index (χ1v) is 10.1. The smallest absolute Gasteiger partial charge is 0.251 e. The summed E-state index contributed by atoms with van der Waals surface area (Å²) in [5, 5.41) is 2.06. The van der Waals surface area contributed by atoms with E-state index in [9.17, 15) is 4.79 Å². The molecule has 0 unspecified atom stereocenters. The van der Waals surface area contributed by atoms with Gasteiger partial charge in [-0.25, -0.2) is 0 Å². The molecule has 0 saturated carbocycles. The number of amides is 1. The van der Waals surface area contributed by atoms with Gasteiger partial charge in [-0.15, -0.1) is 11.3 Å². The molecule has 3 nitrogen and oxygen atoms in total. The van der Waals surface area contributed by atoms with E-state index in [1.54, 1.807) is 11.3 Å². The Morgan fingerprint density at radius 2 is 1.88 bits per heavy atom. The maximum atomic E-state index is 12.3. The first-order chi connectivity index (χ1) is 12.6. The van der Waals surface area contributed by atoms with Crippen LogP contribution in [0, 0.1) is 6.92 Å². The molecule has 2 N–H and O–H groups in total. The number of hydrogen-bond acceptors (Lipinski definition) is 2. The van der Waals surface area contributed by atoms with Crippen LogP contribution in [0.15, 0.2) is 47.8 Å². The summed E-state index contributed by atoms with van der Waals surface area (Å²) in [5.74, 6) is -0.338. The van der Waals surface area contributed by atoms with Crippen LogP contribution in [0.5, 0.6) is 0 Å². The van der Waals surface area contributed by atoms with Crippen molar-refractivity contribution in [1.29, 1.82) is 0 Å². The molecule has 136 valence electrons. The number of rotatable bonds is 8. The molecule has 0 spiro atoms. The summed E-state index contributed by atoms with van der Waals surface area (Å²) in [6.45, 7) is 4.99. The zero-order valence-electron chi connectivity index (χ0n) is 15.5. The van der Waals surface area contributed by atoms with Crippen LogP contribution in [0.1, 0.15) is 53.5 Å². The van der Waals surface area contributed by atoms with Crippen LogP contribution in [0.2, 0.25) is 0 Å². The van der Waals surface area contributed by atoms with E-state index in [-0.39, 0.29) is 5.91 Å². The molecule has 4 heteroatoms. The molecule has 2 heterocycles. The highest BCUT2D eigenvalue weighted by atomic mass is 32.1. The number of carbonyl (C=O) groups is 1. The molecule has 0 radical (unpaired) electrons. The highest BCUT2D eigenvalue weighted by Gasteiger charge is 2.25. The SMILES string of the molecule is CCCCCc1c(-c2cccs2)c(C(N)=O)c(C)n1Cc1ccccc1. The molecule has 3 aromatic rings. The van der Waals surface area contributed by atoms with Crippen molar-refractivity contribution in [3.05, 3.63) is 70.4 Å². The predicted molar refractivity (Wildman–Crippen MR) is 110 cm³/mol. The van der Waals surface area contributed by atoms with Gasteiger partial charge >= 0.3 is 0 Å². The number of benzene rings is 1. The van der Waals surface area contributed by atoms with E-state index in [2.05, 4.69) is 47.2 Å². The molecule has 2 aromatic heterocycles. The lowest BCUT2D eigenvalue weighted by atomic mass is 10.0. The third kappa shape index (κ3) is 3.75. The number of carbonyl (C=O) groups excluding carboxylic acids is 1. The second-order valence-electron chi connectivity index (χ2n) is 6.65. The second-order valence-corrected chi connectivity index (χ2v) is 7.60. The molecule has 1 amide bonds. The molecule has 0 fully saturated rings. The van der Waals surface area contributed by atoms with Crippen molar-refractivity contribution in [2.75, 3.05) is 0 Å². The van der Waals surface area contributed by atoms with Crippen LogP contribution in [0.25, 0.3) is 10.4 Å². The van der Waals surface area contributed by atoms with E-state index in [0.717, 1.165) is 35.5 Å². The monoisotopic (exact) mass is 366 g/mol. The Morgan fingerprint density at radius 1 is 1.12 bits per heavy atom. The number of unbranched alkanes of at least 4 members (excludes halogenated alkanes) is 2. The van der Waals surface area contributed by atoms with Gasteiger partial charge in [-0.3, -0.25) is 4.79 Å². The number of thiophene rings is 1. The standard InChI is InChI=1S/C22H26N2OS/c1-3-4-6-12-18-21(19-13-9-14-26-19)20(22(23)25)16(2)24(18)15-17-10-7-5-8-11-17/h5,7-11,13-14H,3-4,6,12,15H2,1-2H3,(H2,23,25). The summed E-state index contributed by atoms with van der Waals surface area (Å²) < 4.78 is 2.29. The number of aromatic nitrogens is 1. The fourth-order valence-electron chi connectivity index (χ4n) is 3.57. The number of nitrogens with zero attached hydrogens (tertiary/aromatic N) is 1. The average Bonchev–Trinajstić information content (AvgIpc) is 3.24. The molecule has 0 aliphatic heterocycles. The van der Waals surface area contributed by atoms with E-state index >= 15 is 0 Å². The van der Waals surface area contributed by atoms with E-state index in [4.69, 9.17) is 5.73 Å². The molecule has 26 heavy (non-hydrogen) atoms.